The first-order valence-electron chi connectivity index (χ1n) is 12.9. The molecular formula is C27H29ClF3N7O3. The summed E-state index contributed by atoms with van der Waals surface area (Å²) in [4.78, 5) is 11.6. The molecule has 3 aromatic heterocycles. The van der Waals surface area contributed by atoms with Crippen LogP contribution in [0.5, 0.6) is 5.75 Å². The number of ether oxygens (including phenoxy) is 1. The fraction of sp³-hybridized carbons (Fsp3) is 0.407. The number of nitrogens with one attached hydrogen (secondary N) is 1. The molecular weight excluding hydrogens is 563 g/mol. The second-order valence-corrected chi connectivity index (χ2v) is 10.4. The van der Waals surface area contributed by atoms with Gasteiger partial charge in [0.1, 0.15) is 36.6 Å². The van der Waals surface area contributed by atoms with Crippen molar-refractivity contribution in [3.8, 4) is 28.4 Å². The minimum atomic E-state index is -4.39. The fourth-order valence-electron chi connectivity index (χ4n) is 4.91. The van der Waals surface area contributed by atoms with Crippen LogP contribution in [0.3, 0.4) is 0 Å². The van der Waals surface area contributed by atoms with Crippen molar-refractivity contribution in [3.63, 3.8) is 0 Å². The molecule has 1 atom stereocenters. The van der Waals surface area contributed by atoms with Gasteiger partial charge in [0, 0.05) is 29.8 Å². The lowest BCUT2D eigenvalue weighted by atomic mass is 10.0. The number of likely N-dealkylation sites (N-methyl/N-ethyl adjacent to an activating group) is 1. The van der Waals surface area contributed by atoms with Crippen molar-refractivity contribution in [1.82, 2.24) is 30.2 Å². The van der Waals surface area contributed by atoms with E-state index in [9.17, 15) is 18.3 Å². The number of rotatable bonds is 9. The van der Waals surface area contributed by atoms with E-state index in [4.69, 9.17) is 30.8 Å². The van der Waals surface area contributed by atoms with Crippen LogP contribution >= 0.6 is 11.6 Å². The van der Waals surface area contributed by atoms with E-state index >= 15 is 0 Å². The normalized spacial score (nSPS) is 14.0. The summed E-state index contributed by atoms with van der Waals surface area (Å²) in [6.45, 7) is 5.22. The maximum absolute atomic E-state index is 13.2. The van der Waals surface area contributed by atoms with Crippen molar-refractivity contribution in [2.75, 3.05) is 25.1 Å². The van der Waals surface area contributed by atoms with E-state index in [1.54, 1.807) is 32.2 Å². The number of aromatic nitrogens is 5. The molecule has 1 aromatic carbocycles. The molecule has 1 aliphatic rings. The van der Waals surface area contributed by atoms with Crippen molar-refractivity contribution >= 4 is 17.4 Å². The lowest BCUT2D eigenvalue weighted by Crippen LogP contribution is -2.29. The topological polar surface area (TPSA) is 114 Å². The fourth-order valence-corrected chi connectivity index (χ4v) is 5.11. The largest absolute Gasteiger partial charge is 0.491 e. The molecule has 4 aromatic rings. The monoisotopic (exact) mass is 591 g/mol. The number of benzene rings is 1. The van der Waals surface area contributed by atoms with Gasteiger partial charge in [-0.05, 0) is 46.0 Å². The zero-order valence-corrected chi connectivity index (χ0v) is 23.6. The highest BCUT2D eigenvalue weighted by Crippen LogP contribution is 2.39. The Hall–Kier alpha value is -3.68. The van der Waals surface area contributed by atoms with Crippen LogP contribution in [-0.2, 0) is 19.6 Å². The van der Waals surface area contributed by atoms with Gasteiger partial charge in [-0.25, -0.2) is 9.97 Å². The van der Waals surface area contributed by atoms with E-state index in [2.05, 4.69) is 15.6 Å². The van der Waals surface area contributed by atoms with E-state index in [1.165, 1.54) is 6.20 Å². The Balaban J connectivity index is 1.57. The zero-order valence-electron chi connectivity index (χ0n) is 22.9. The van der Waals surface area contributed by atoms with Crippen molar-refractivity contribution < 1.29 is 27.5 Å². The molecule has 1 aliphatic heterocycles. The predicted octanol–water partition coefficient (Wildman–Crippen LogP) is 4.62. The highest BCUT2D eigenvalue weighted by Gasteiger charge is 2.34. The highest BCUT2D eigenvalue weighted by molar-refractivity contribution is 6.33. The number of alkyl halides is 3. The molecule has 0 spiro atoms. The van der Waals surface area contributed by atoms with Crippen molar-refractivity contribution in [2.24, 2.45) is 0 Å². The predicted molar refractivity (Wildman–Crippen MR) is 146 cm³/mol. The van der Waals surface area contributed by atoms with Crippen LogP contribution in [0.15, 0.2) is 28.9 Å². The van der Waals surface area contributed by atoms with Crippen LogP contribution in [0.4, 0.5) is 19.0 Å². The molecule has 0 fully saturated rings. The number of hydrogen-bond acceptors (Lipinski definition) is 9. The first kappa shape index (κ1) is 28.8. The number of hydrogen-bond donors (Lipinski definition) is 2. The summed E-state index contributed by atoms with van der Waals surface area (Å²) in [7, 11) is 1.73. The standard InChI is InChI=1S/C27H29ClF3N7O3/c1-14-24(23-15(2)36-41-16(23)3)34-25(20-7-19(5-6-21(20)28)40-12-18(39)9-32-4)35-26(14)37-10-17-8-33-38(22(17)11-37)13-27(29,30)31/h5-8,18,32,39H,9-13H2,1-4H3/t18-/m1/s1. The molecule has 0 unspecified atom stereocenters. The summed E-state index contributed by atoms with van der Waals surface area (Å²) in [6.07, 6.45) is -3.64. The molecule has 10 nitrogen and oxygen atoms in total. The summed E-state index contributed by atoms with van der Waals surface area (Å²) in [5.41, 5.74) is 4.28. The molecule has 14 heteroatoms. The van der Waals surface area contributed by atoms with E-state index in [-0.39, 0.29) is 13.2 Å². The number of fused-ring (bicyclic) bond motifs is 1. The van der Waals surface area contributed by atoms with Gasteiger partial charge in [-0.15, -0.1) is 0 Å². The lowest BCUT2D eigenvalue weighted by Gasteiger charge is -2.22. The first-order chi connectivity index (χ1) is 19.4. The number of aliphatic hydroxyl groups excluding tert-OH is 1. The summed E-state index contributed by atoms with van der Waals surface area (Å²) < 4.78 is 51.6. The maximum Gasteiger partial charge on any atom is 0.408 e. The Morgan fingerprint density at radius 3 is 2.66 bits per heavy atom. The van der Waals surface area contributed by atoms with Crippen LogP contribution < -0.4 is 15.0 Å². The Kier molecular flexibility index (Phi) is 7.95. The highest BCUT2D eigenvalue weighted by atomic mass is 35.5. The van der Waals surface area contributed by atoms with E-state index in [0.29, 0.717) is 80.6 Å². The molecule has 0 saturated heterocycles. The van der Waals surface area contributed by atoms with Gasteiger partial charge >= 0.3 is 6.18 Å². The van der Waals surface area contributed by atoms with Gasteiger partial charge in [-0.1, -0.05) is 16.8 Å². The van der Waals surface area contributed by atoms with Crippen molar-refractivity contribution in [1.29, 1.82) is 0 Å². The van der Waals surface area contributed by atoms with Crippen LogP contribution in [0.1, 0.15) is 28.3 Å². The Labute approximate surface area is 239 Å². The van der Waals surface area contributed by atoms with Crippen LogP contribution in [0, 0.1) is 20.8 Å². The quantitative estimate of drug-likeness (QED) is 0.288. The summed E-state index contributed by atoms with van der Waals surface area (Å²) in [5, 5.41) is 21.3. The van der Waals surface area contributed by atoms with E-state index in [0.717, 1.165) is 4.68 Å². The second-order valence-electron chi connectivity index (χ2n) is 9.95. The van der Waals surface area contributed by atoms with Crippen molar-refractivity contribution in [3.05, 3.63) is 57.7 Å². The van der Waals surface area contributed by atoms with Gasteiger partial charge in [0.25, 0.3) is 0 Å². The third-order valence-electron chi connectivity index (χ3n) is 6.82. The van der Waals surface area contributed by atoms with Gasteiger partial charge < -0.3 is 24.6 Å². The molecule has 41 heavy (non-hydrogen) atoms. The summed E-state index contributed by atoms with van der Waals surface area (Å²) in [5.74, 6) is 1.85. The van der Waals surface area contributed by atoms with Crippen molar-refractivity contribution in [2.45, 2.75) is 52.7 Å². The van der Waals surface area contributed by atoms with Crippen LogP contribution in [-0.4, -0.2) is 62.5 Å². The molecule has 0 aliphatic carbocycles. The number of aliphatic hydroxyl groups is 1. The average molecular weight is 592 g/mol. The average Bonchev–Trinajstić information content (AvgIpc) is 3.59. The van der Waals surface area contributed by atoms with Gasteiger partial charge in [-0.3, -0.25) is 4.68 Å². The van der Waals surface area contributed by atoms with E-state index < -0.39 is 18.8 Å². The van der Waals surface area contributed by atoms with Gasteiger partial charge in [0.2, 0.25) is 0 Å². The SMILES string of the molecule is CNC[C@@H](O)COc1ccc(Cl)c(-c2nc(-c3c(C)noc3C)c(C)c(N3Cc4cnn(CC(F)(F)F)c4C3)n2)c1. The summed E-state index contributed by atoms with van der Waals surface area (Å²) >= 11 is 6.62. The van der Waals surface area contributed by atoms with Gasteiger partial charge in [0.05, 0.1) is 40.4 Å². The van der Waals surface area contributed by atoms with Crippen LogP contribution in [0.25, 0.3) is 22.6 Å². The molecule has 0 bridgehead atoms. The first-order valence-corrected chi connectivity index (χ1v) is 13.3. The van der Waals surface area contributed by atoms with Gasteiger partial charge in [0.15, 0.2) is 5.82 Å². The third-order valence-corrected chi connectivity index (χ3v) is 7.15. The number of nitrogens with zero attached hydrogens (tertiary/aromatic N) is 6. The summed E-state index contributed by atoms with van der Waals surface area (Å²) in [6, 6.07) is 5.04. The Morgan fingerprint density at radius 1 is 1.20 bits per heavy atom. The minimum Gasteiger partial charge on any atom is -0.491 e. The molecule has 0 amide bonds. The molecule has 0 saturated carbocycles. The molecule has 4 heterocycles. The molecule has 2 N–H and O–H groups in total. The second kappa shape index (κ2) is 11.3. The van der Waals surface area contributed by atoms with E-state index in [1.807, 2.05) is 18.7 Å². The molecule has 0 radical (unpaired) electrons. The third kappa shape index (κ3) is 6.02. The Morgan fingerprint density at radius 2 is 1.98 bits per heavy atom. The zero-order chi connectivity index (χ0) is 29.5. The minimum absolute atomic E-state index is 0.0627. The number of halogens is 4. The Bertz CT molecular complexity index is 1550. The smallest absolute Gasteiger partial charge is 0.408 e. The number of aryl methyl sites for hydroxylation is 2. The maximum atomic E-state index is 13.2. The lowest BCUT2D eigenvalue weighted by molar-refractivity contribution is -0.143. The van der Waals surface area contributed by atoms with Gasteiger partial charge in [-0.2, -0.15) is 18.3 Å². The van der Waals surface area contributed by atoms with Crippen LogP contribution in [0.2, 0.25) is 5.02 Å². The number of anilines is 1. The molecule has 5 rings (SSSR count). The molecule has 218 valence electrons.